The second kappa shape index (κ2) is 10.2. The number of carbonyl (C=O) groups excluding carboxylic acids is 3. The number of alkyl carbamates (subject to hydrolysis) is 1. The van der Waals surface area contributed by atoms with E-state index in [2.05, 4.69) is 15.5 Å². The normalized spacial score (nSPS) is 23.5. The fourth-order valence-electron chi connectivity index (χ4n) is 4.93. The summed E-state index contributed by atoms with van der Waals surface area (Å²) in [6, 6.07) is -1.81. The molecule has 0 spiro atoms. The van der Waals surface area contributed by atoms with Crippen LogP contribution in [-0.2, 0) is 19.7 Å². The number of piperidine rings is 1. The van der Waals surface area contributed by atoms with Gasteiger partial charge in [0.15, 0.2) is 5.82 Å². The van der Waals surface area contributed by atoms with Crippen LogP contribution in [0.4, 0.5) is 26.7 Å². The van der Waals surface area contributed by atoms with Crippen LogP contribution in [0.3, 0.4) is 0 Å². The number of halogens is 5. The summed E-state index contributed by atoms with van der Waals surface area (Å²) in [6.07, 6.45) is -6.16. The molecule has 15 heteroatoms. The van der Waals surface area contributed by atoms with Crippen LogP contribution in [0.25, 0.3) is 0 Å². The first-order valence-corrected chi connectivity index (χ1v) is 12.9. The van der Waals surface area contributed by atoms with E-state index in [0.717, 1.165) is 4.90 Å². The summed E-state index contributed by atoms with van der Waals surface area (Å²) >= 11 is 0. The molecule has 39 heavy (non-hydrogen) atoms. The van der Waals surface area contributed by atoms with Crippen LogP contribution in [0.15, 0.2) is 4.52 Å². The Balaban J connectivity index is 1.48. The molecule has 1 aliphatic carbocycles. The molecule has 0 bridgehead atoms. The third-order valence-corrected chi connectivity index (χ3v) is 7.08. The van der Waals surface area contributed by atoms with Crippen molar-refractivity contribution < 1.29 is 45.6 Å². The highest BCUT2D eigenvalue weighted by molar-refractivity contribution is 5.80. The van der Waals surface area contributed by atoms with Gasteiger partial charge in [0.2, 0.25) is 17.7 Å². The van der Waals surface area contributed by atoms with Gasteiger partial charge < -0.3 is 24.4 Å². The minimum atomic E-state index is -4.54. The maximum Gasteiger partial charge on any atom is 0.407 e. The lowest BCUT2D eigenvalue weighted by Crippen LogP contribution is -2.53. The van der Waals surface area contributed by atoms with Gasteiger partial charge in [-0.05, 0) is 46.5 Å². The van der Waals surface area contributed by atoms with Gasteiger partial charge in [-0.1, -0.05) is 5.16 Å². The molecule has 0 unspecified atom stereocenters. The van der Waals surface area contributed by atoms with Crippen molar-refractivity contribution in [1.82, 2.24) is 25.3 Å². The number of amides is 3. The van der Waals surface area contributed by atoms with Crippen molar-refractivity contribution >= 4 is 17.9 Å². The number of rotatable bonds is 7. The van der Waals surface area contributed by atoms with Crippen LogP contribution in [0.1, 0.15) is 83.5 Å². The minimum absolute atomic E-state index is 0.0473. The van der Waals surface area contributed by atoms with E-state index in [1.54, 1.807) is 20.8 Å². The van der Waals surface area contributed by atoms with Crippen molar-refractivity contribution in [1.29, 1.82) is 0 Å². The Bertz CT molecular complexity index is 1100. The largest absolute Gasteiger partial charge is 0.444 e. The van der Waals surface area contributed by atoms with E-state index < -0.39 is 72.0 Å². The number of nitrogens with one attached hydrogen (secondary N) is 1. The highest BCUT2D eigenvalue weighted by Crippen LogP contribution is 2.58. The van der Waals surface area contributed by atoms with E-state index in [4.69, 9.17) is 9.26 Å². The van der Waals surface area contributed by atoms with Crippen LogP contribution < -0.4 is 5.32 Å². The van der Waals surface area contributed by atoms with Crippen LogP contribution in [0.2, 0.25) is 0 Å². The molecule has 0 aromatic carbocycles. The fourth-order valence-corrected chi connectivity index (χ4v) is 4.93. The molecule has 3 aliphatic rings. The molecule has 10 nitrogen and oxygen atoms in total. The molecule has 1 aromatic rings. The predicted octanol–water partition coefficient (Wildman–Crippen LogP) is 3.87. The topological polar surface area (TPSA) is 118 Å². The van der Waals surface area contributed by atoms with Crippen LogP contribution in [0.5, 0.6) is 0 Å². The van der Waals surface area contributed by atoms with E-state index in [9.17, 15) is 36.3 Å². The molecule has 1 aromatic heterocycles. The summed E-state index contributed by atoms with van der Waals surface area (Å²) in [7, 11) is 0. The summed E-state index contributed by atoms with van der Waals surface area (Å²) in [4.78, 5) is 44.4. The minimum Gasteiger partial charge on any atom is -0.444 e. The van der Waals surface area contributed by atoms with E-state index in [0.29, 0.717) is 12.8 Å². The van der Waals surface area contributed by atoms with E-state index in [1.807, 2.05) is 0 Å². The molecule has 0 radical (unpaired) electrons. The number of likely N-dealkylation sites (tertiary alicyclic amines) is 2. The Hall–Kier alpha value is -3.00. The van der Waals surface area contributed by atoms with Gasteiger partial charge in [0.25, 0.3) is 5.92 Å². The summed E-state index contributed by atoms with van der Waals surface area (Å²) in [5.74, 6) is -4.72. The smallest absolute Gasteiger partial charge is 0.407 e. The zero-order valence-corrected chi connectivity index (χ0v) is 21.9. The Morgan fingerprint density at radius 1 is 1.21 bits per heavy atom. The summed E-state index contributed by atoms with van der Waals surface area (Å²) in [5, 5.41) is 6.24. The Kier molecular flexibility index (Phi) is 7.58. The van der Waals surface area contributed by atoms with E-state index >= 15 is 0 Å². The zero-order valence-electron chi connectivity index (χ0n) is 21.9. The average molecular weight is 566 g/mol. The number of hydrogen-bond donors (Lipinski definition) is 1. The number of hydrogen-bond acceptors (Lipinski definition) is 7. The maximum absolute atomic E-state index is 14.0. The van der Waals surface area contributed by atoms with Gasteiger partial charge in [-0.2, -0.15) is 18.2 Å². The van der Waals surface area contributed by atoms with E-state index in [1.165, 1.54) is 4.90 Å². The molecule has 1 N–H and O–H groups in total. The van der Waals surface area contributed by atoms with Gasteiger partial charge in [0, 0.05) is 32.4 Å². The molecule has 3 amide bonds. The lowest BCUT2D eigenvalue weighted by atomic mass is 10.0. The number of alkyl halides is 5. The number of aromatic nitrogens is 2. The van der Waals surface area contributed by atoms with Gasteiger partial charge in [-0.15, -0.1) is 0 Å². The first kappa shape index (κ1) is 29.0. The van der Waals surface area contributed by atoms with Crippen LogP contribution in [-0.4, -0.2) is 81.2 Å². The quantitative estimate of drug-likeness (QED) is 0.499. The lowest BCUT2D eigenvalue weighted by Gasteiger charge is -2.35. The molecule has 2 saturated heterocycles. The molecule has 3 fully saturated rings. The first-order chi connectivity index (χ1) is 18.0. The maximum atomic E-state index is 14.0. The molecule has 2 aliphatic heterocycles. The molecule has 2 atom stereocenters. The lowest BCUT2D eigenvalue weighted by molar-refractivity contribution is -0.166. The first-order valence-electron chi connectivity index (χ1n) is 12.9. The third-order valence-electron chi connectivity index (χ3n) is 7.08. The molecule has 218 valence electrons. The fraction of sp³-hybridized carbons (Fsp3) is 0.792. The Labute approximate surface area is 221 Å². The van der Waals surface area contributed by atoms with Gasteiger partial charge in [-0.3, -0.25) is 9.59 Å². The predicted molar refractivity (Wildman–Crippen MR) is 123 cm³/mol. The van der Waals surface area contributed by atoms with Gasteiger partial charge in [0.1, 0.15) is 11.0 Å². The monoisotopic (exact) mass is 565 g/mol. The number of nitrogens with zero attached hydrogens (tertiary/aromatic N) is 4. The number of ether oxygens (including phenoxy) is 1. The highest BCUT2D eigenvalue weighted by atomic mass is 19.4. The van der Waals surface area contributed by atoms with Crippen molar-refractivity contribution in [3.8, 4) is 0 Å². The molecule has 1 saturated carbocycles. The van der Waals surface area contributed by atoms with Crippen LogP contribution in [0, 0.1) is 0 Å². The van der Waals surface area contributed by atoms with Crippen molar-refractivity contribution in [2.24, 2.45) is 0 Å². The Morgan fingerprint density at radius 3 is 2.51 bits per heavy atom. The third kappa shape index (κ3) is 6.60. The van der Waals surface area contributed by atoms with Gasteiger partial charge in [0.05, 0.1) is 18.6 Å². The van der Waals surface area contributed by atoms with Crippen LogP contribution >= 0.6 is 0 Å². The van der Waals surface area contributed by atoms with Gasteiger partial charge in [-0.25, -0.2) is 13.6 Å². The van der Waals surface area contributed by atoms with Crippen molar-refractivity contribution in [3.05, 3.63) is 11.7 Å². The molecule has 4 rings (SSSR count). The highest BCUT2D eigenvalue weighted by Gasteiger charge is 2.68. The summed E-state index contributed by atoms with van der Waals surface area (Å²) in [5.41, 5.74) is -3.03. The van der Waals surface area contributed by atoms with Crippen molar-refractivity contribution in [3.63, 3.8) is 0 Å². The second-order valence-electron chi connectivity index (χ2n) is 11.5. The average Bonchev–Trinajstić information content (AvgIpc) is 3.23. The summed E-state index contributed by atoms with van der Waals surface area (Å²) < 4.78 is 78.6. The SMILES string of the molecule is CC(C)(C)OC(=O)N[C@@H](CC(=O)N1CCC[C@H]1c1noc(C2(C(F)(F)F)CC2)n1)CN1CC(F)(F)CCC1=O. The standard InChI is InChI=1S/C24H32F5N5O5/c1-21(2,3)38-20(37)30-14(12-33-13-23(25,26)7-6-16(33)35)11-17(36)34-10-4-5-15(34)18-31-19(39-32-18)22(8-9-22)24(27,28)29/h14-15H,4-13H2,1-3H3,(H,30,37)/t14-,15-/m0/s1. The Morgan fingerprint density at radius 2 is 1.90 bits per heavy atom. The second-order valence-corrected chi connectivity index (χ2v) is 11.5. The van der Waals surface area contributed by atoms with Crippen molar-refractivity contribution in [2.75, 3.05) is 19.6 Å². The molecular weight excluding hydrogens is 533 g/mol. The molecular formula is C24H32F5N5O5. The molecule has 3 heterocycles. The van der Waals surface area contributed by atoms with Crippen molar-refractivity contribution in [2.45, 2.75) is 101 Å². The van der Waals surface area contributed by atoms with E-state index in [-0.39, 0.29) is 44.6 Å². The summed E-state index contributed by atoms with van der Waals surface area (Å²) in [6.45, 7) is 3.93. The number of carbonyl (C=O) groups is 3. The van der Waals surface area contributed by atoms with Gasteiger partial charge >= 0.3 is 12.3 Å². The zero-order chi connectivity index (χ0) is 28.8.